The van der Waals surface area contributed by atoms with Gasteiger partial charge in [-0.15, -0.1) is 0 Å². The van der Waals surface area contributed by atoms with Crippen molar-refractivity contribution in [3.05, 3.63) is 34.9 Å². The Hall–Kier alpha value is -1.35. The second-order valence-corrected chi connectivity index (χ2v) is 4.59. The van der Waals surface area contributed by atoms with Gasteiger partial charge in [0.15, 0.2) is 0 Å². The highest BCUT2D eigenvalue weighted by molar-refractivity contribution is 5.91. The Bertz CT molecular complexity index is 422. The third kappa shape index (κ3) is 1.71. The molecular formula is C13H18N2O. The number of benzene rings is 1. The predicted molar refractivity (Wildman–Crippen MR) is 64.0 cm³/mol. The maximum atomic E-state index is 12.0. The van der Waals surface area contributed by atoms with E-state index < -0.39 is 0 Å². The summed E-state index contributed by atoms with van der Waals surface area (Å²) in [6.07, 6.45) is 1.89. The van der Waals surface area contributed by atoms with E-state index in [9.17, 15) is 4.79 Å². The SMILES string of the molecule is CNNC(=O)C1(c2ccc(C)c(C)c2)CC1. The minimum atomic E-state index is -0.276. The minimum absolute atomic E-state index is 0.0817. The number of carbonyl (C=O) groups is 1. The van der Waals surface area contributed by atoms with E-state index in [4.69, 9.17) is 0 Å². The van der Waals surface area contributed by atoms with Crippen molar-refractivity contribution in [2.24, 2.45) is 0 Å². The van der Waals surface area contributed by atoms with Crippen LogP contribution in [0.1, 0.15) is 29.5 Å². The summed E-state index contributed by atoms with van der Waals surface area (Å²) in [6, 6.07) is 6.31. The Labute approximate surface area is 96.2 Å². The van der Waals surface area contributed by atoms with Crippen LogP contribution in [0.25, 0.3) is 0 Å². The fourth-order valence-electron chi connectivity index (χ4n) is 2.04. The number of hydrogen-bond acceptors (Lipinski definition) is 2. The molecule has 1 amide bonds. The van der Waals surface area contributed by atoms with Crippen molar-refractivity contribution in [3.8, 4) is 0 Å². The van der Waals surface area contributed by atoms with E-state index >= 15 is 0 Å². The van der Waals surface area contributed by atoms with E-state index in [2.05, 4.69) is 42.9 Å². The van der Waals surface area contributed by atoms with Gasteiger partial charge in [0.1, 0.15) is 0 Å². The maximum absolute atomic E-state index is 12.0. The molecule has 3 heteroatoms. The molecule has 1 aromatic carbocycles. The van der Waals surface area contributed by atoms with E-state index in [0.29, 0.717) is 0 Å². The molecule has 16 heavy (non-hydrogen) atoms. The molecule has 2 N–H and O–H groups in total. The third-order valence-electron chi connectivity index (χ3n) is 3.48. The first-order valence-corrected chi connectivity index (χ1v) is 5.65. The number of aryl methyl sites for hydroxylation is 2. The molecule has 0 atom stereocenters. The first kappa shape index (κ1) is 11.1. The minimum Gasteiger partial charge on any atom is -0.291 e. The summed E-state index contributed by atoms with van der Waals surface area (Å²) in [7, 11) is 1.72. The van der Waals surface area contributed by atoms with Gasteiger partial charge in [-0.05, 0) is 43.4 Å². The number of nitrogens with one attached hydrogen (secondary N) is 2. The average molecular weight is 218 g/mol. The van der Waals surface area contributed by atoms with Crippen molar-refractivity contribution in [1.29, 1.82) is 0 Å². The van der Waals surface area contributed by atoms with Crippen LogP contribution in [0.5, 0.6) is 0 Å². The normalized spacial score (nSPS) is 16.9. The molecule has 0 aliphatic heterocycles. The Morgan fingerprint density at radius 1 is 1.25 bits per heavy atom. The molecule has 1 fully saturated rings. The molecule has 0 aromatic heterocycles. The van der Waals surface area contributed by atoms with Crippen molar-refractivity contribution < 1.29 is 4.79 Å². The number of amides is 1. The van der Waals surface area contributed by atoms with E-state index in [1.54, 1.807) is 7.05 Å². The van der Waals surface area contributed by atoms with E-state index in [1.165, 1.54) is 11.1 Å². The highest BCUT2D eigenvalue weighted by Crippen LogP contribution is 2.48. The molecule has 1 aromatic rings. The van der Waals surface area contributed by atoms with Crippen LogP contribution in [0, 0.1) is 13.8 Å². The van der Waals surface area contributed by atoms with Crippen LogP contribution < -0.4 is 10.9 Å². The molecule has 1 saturated carbocycles. The van der Waals surface area contributed by atoms with Crippen molar-refractivity contribution >= 4 is 5.91 Å². The summed E-state index contributed by atoms with van der Waals surface area (Å²) in [6.45, 7) is 4.18. The molecule has 1 aliphatic carbocycles. The maximum Gasteiger partial charge on any atom is 0.244 e. The molecule has 1 aliphatic rings. The average Bonchev–Trinajstić information content (AvgIpc) is 3.03. The first-order chi connectivity index (χ1) is 7.60. The van der Waals surface area contributed by atoms with Crippen molar-refractivity contribution in [2.75, 3.05) is 7.05 Å². The van der Waals surface area contributed by atoms with Crippen LogP contribution in [0.4, 0.5) is 0 Å². The molecule has 3 nitrogen and oxygen atoms in total. The zero-order valence-corrected chi connectivity index (χ0v) is 10.1. The second kappa shape index (κ2) is 3.91. The quantitative estimate of drug-likeness (QED) is 0.756. The lowest BCUT2D eigenvalue weighted by Crippen LogP contribution is -2.41. The molecular weight excluding hydrogens is 200 g/mol. The lowest BCUT2D eigenvalue weighted by molar-refractivity contribution is -0.124. The largest absolute Gasteiger partial charge is 0.291 e. The number of rotatable bonds is 3. The molecule has 0 unspecified atom stereocenters. The van der Waals surface area contributed by atoms with Crippen LogP contribution in [0.2, 0.25) is 0 Å². The van der Waals surface area contributed by atoms with E-state index in [0.717, 1.165) is 18.4 Å². The van der Waals surface area contributed by atoms with Gasteiger partial charge in [0.25, 0.3) is 0 Å². The van der Waals surface area contributed by atoms with Gasteiger partial charge in [0.2, 0.25) is 5.91 Å². The summed E-state index contributed by atoms with van der Waals surface area (Å²) in [5.74, 6) is 0.0817. The predicted octanol–water partition coefficient (Wildman–Crippen LogP) is 1.59. The fraction of sp³-hybridized carbons (Fsp3) is 0.462. The Morgan fingerprint density at radius 3 is 2.44 bits per heavy atom. The summed E-state index contributed by atoms with van der Waals surface area (Å²) in [5, 5.41) is 0. The lowest BCUT2D eigenvalue weighted by Gasteiger charge is -2.16. The number of hydrazine groups is 1. The summed E-state index contributed by atoms with van der Waals surface area (Å²) >= 11 is 0. The van der Waals surface area contributed by atoms with Gasteiger partial charge in [-0.3, -0.25) is 10.2 Å². The van der Waals surface area contributed by atoms with Crippen LogP contribution in [-0.2, 0) is 10.2 Å². The summed E-state index contributed by atoms with van der Waals surface area (Å²) < 4.78 is 0. The highest BCUT2D eigenvalue weighted by atomic mass is 16.2. The van der Waals surface area contributed by atoms with Gasteiger partial charge in [-0.2, -0.15) is 0 Å². The first-order valence-electron chi connectivity index (χ1n) is 5.65. The Balaban J connectivity index is 2.30. The van der Waals surface area contributed by atoms with Gasteiger partial charge >= 0.3 is 0 Å². The van der Waals surface area contributed by atoms with Crippen molar-refractivity contribution in [1.82, 2.24) is 10.9 Å². The Kier molecular flexibility index (Phi) is 2.72. The van der Waals surface area contributed by atoms with Gasteiger partial charge in [-0.25, -0.2) is 5.43 Å². The van der Waals surface area contributed by atoms with Crippen LogP contribution >= 0.6 is 0 Å². The van der Waals surface area contributed by atoms with Crippen LogP contribution in [-0.4, -0.2) is 13.0 Å². The fourth-order valence-corrected chi connectivity index (χ4v) is 2.04. The molecule has 0 bridgehead atoms. The molecule has 2 rings (SSSR count). The van der Waals surface area contributed by atoms with Gasteiger partial charge < -0.3 is 0 Å². The second-order valence-electron chi connectivity index (χ2n) is 4.59. The van der Waals surface area contributed by atoms with Gasteiger partial charge in [0.05, 0.1) is 5.41 Å². The molecule has 86 valence electrons. The highest BCUT2D eigenvalue weighted by Gasteiger charge is 2.51. The van der Waals surface area contributed by atoms with Gasteiger partial charge in [-0.1, -0.05) is 18.2 Å². The number of carbonyl (C=O) groups excluding carboxylic acids is 1. The van der Waals surface area contributed by atoms with E-state index in [-0.39, 0.29) is 11.3 Å². The zero-order valence-electron chi connectivity index (χ0n) is 10.1. The van der Waals surface area contributed by atoms with E-state index in [1.807, 2.05) is 0 Å². The van der Waals surface area contributed by atoms with Crippen LogP contribution in [0.3, 0.4) is 0 Å². The number of hydrogen-bond donors (Lipinski definition) is 2. The molecule has 0 heterocycles. The summed E-state index contributed by atoms with van der Waals surface area (Å²) in [5.41, 5.74) is 8.79. The monoisotopic (exact) mass is 218 g/mol. The molecule has 0 radical (unpaired) electrons. The van der Waals surface area contributed by atoms with Crippen LogP contribution in [0.15, 0.2) is 18.2 Å². The van der Waals surface area contributed by atoms with Gasteiger partial charge in [0, 0.05) is 7.05 Å². The third-order valence-corrected chi connectivity index (χ3v) is 3.48. The standard InChI is InChI=1S/C13H18N2O/c1-9-4-5-11(8-10(9)2)13(6-7-13)12(16)15-14-3/h4-5,8,14H,6-7H2,1-3H3,(H,15,16). The zero-order chi connectivity index (χ0) is 11.8. The molecule has 0 spiro atoms. The topological polar surface area (TPSA) is 41.1 Å². The smallest absolute Gasteiger partial charge is 0.244 e. The Morgan fingerprint density at radius 2 is 1.94 bits per heavy atom. The van der Waals surface area contributed by atoms with Crippen molar-refractivity contribution in [2.45, 2.75) is 32.1 Å². The van der Waals surface area contributed by atoms with Crippen molar-refractivity contribution in [3.63, 3.8) is 0 Å². The summed E-state index contributed by atoms with van der Waals surface area (Å²) in [4.78, 5) is 12.0. The molecule has 0 saturated heterocycles. The lowest BCUT2D eigenvalue weighted by atomic mass is 9.92.